The standard InChI is InChI=1S/C30H41N7O7S/c1-4-24-11-7-8-17-35(24)28-15-13-25(36(39)40)18-23(28)20-31-32-27-14-12-26(37(41)42)19-29(27)45(43,44)34-16-9-10-22(21-34)30(38)33(5-2)6-3/h12-15,18-20,22,24,32H,4-11,16-17,21H2,1-3H3/b31-20-/t22-,24+/m0/s1. The topological polar surface area (TPSA) is 172 Å². The van der Waals surface area contributed by atoms with E-state index < -0.39 is 31.5 Å². The Morgan fingerprint density at radius 2 is 1.69 bits per heavy atom. The molecule has 2 fully saturated rings. The highest BCUT2D eigenvalue weighted by Gasteiger charge is 2.36. The number of hydrogen-bond acceptors (Lipinski definition) is 10. The Morgan fingerprint density at radius 3 is 2.36 bits per heavy atom. The van der Waals surface area contributed by atoms with Gasteiger partial charge in [-0.3, -0.25) is 30.4 Å². The Hall–Kier alpha value is -4.11. The van der Waals surface area contributed by atoms with Gasteiger partial charge in [-0.05, 0) is 64.5 Å². The SMILES string of the molecule is CC[C@@H]1CCCCN1c1ccc([N+](=O)[O-])cc1/C=N\Nc1ccc([N+](=O)[O-])cc1S(=O)(=O)N1CCC[C@H](C(=O)N(CC)CC)C1. The smallest absolute Gasteiger partial charge is 0.270 e. The first-order valence-electron chi connectivity index (χ1n) is 15.4. The van der Waals surface area contributed by atoms with Crippen LogP contribution in [0.3, 0.4) is 0 Å². The van der Waals surface area contributed by atoms with Gasteiger partial charge < -0.3 is 9.80 Å². The van der Waals surface area contributed by atoms with Crippen LogP contribution in [0.5, 0.6) is 0 Å². The highest BCUT2D eigenvalue weighted by atomic mass is 32.2. The third-order valence-corrected chi connectivity index (χ3v) is 10.5. The third-order valence-electron chi connectivity index (χ3n) is 8.62. The fourth-order valence-corrected chi connectivity index (χ4v) is 7.84. The van der Waals surface area contributed by atoms with Crippen molar-refractivity contribution < 1.29 is 23.1 Å². The van der Waals surface area contributed by atoms with E-state index in [9.17, 15) is 33.4 Å². The van der Waals surface area contributed by atoms with Crippen molar-refractivity contribution in [1.82, 2.24) is 9.21 Å². The van der Waals surface area contributed by atoms with Crippen LogP contribution in [0.15, 0.2) is 46.4 Å². The van der Waals surface area contributed by atoms with Crippen molar-refractivity contribution in [1.29, 1.82) is 0 Å². The average molecular weight is 644 g/mol. The van der Waals surface area contributed by atoms with Crippen molar-refractivity contribution in [2.24, 2.45) is 11.0 Å². The Balaban J connectivity index is 1.67. The molecule has 0 unspecified atom stereocenters. The Kier molecular flexibility index (Phi) is 11.1. The van der Waals surface area contributed by atoms with Gasteiger partial charge in [0.05, 0.1) is 27.7 Å². The van der Waals surface area contributed by atoms with Gasteiger partial charge in [0, 0.05) is 74.3 Å². The molecule has 2 aromatic carbocycles. The lowest BCUT2D eigenvalue weighted by Crippen LogP contribution is -2.46. The van der Waals surface area contributed by atoms with E-state index in [1.807, 2.05) is 13.8 Å². The summed E-state index contributed by atoms with van der Waals surface area (Å²) in [6.45, 7) is 7.79. The molecule has 2 atom stereocenters. The second kappa shape index (κ2) is 14.8. The maximum absolute atomic E-state index is 13.9. The number of nitro groups is 2. The van der Waals surface area contributed by atoms with Gasteiger partial charge in [-0.15, -0.1) is 0 Å². The van der Waals surface area contributed by atoms with E-state index in [0.29, 0.717) is 31.5 Å². The lowest BCUT2D eigenvalue weighted by atomic mass is 9.98. The highest BCUT2D eigenvalue weighted by Crippen LogP contribution is 2.33. The molecule has 15 heteroatoms. The number of nitro benzene ring substituents is 2. The number of non-ortho nitro benzene ring substituents is 2. The Labute approximate surface area is 263 Å². The predicted octanol–water partition coefficient (Wildman–Crippen LogP) is 4.99. The lowest BCUT2D eigenvalue weighted by molar-refractivity contribution is -0.385. The van der Waals surface area contributed by atoms with Crippen LogP contribution in [0, 0.1) is 26.1 Å². The largest absolute Gasteiger partial charge is 0.368 e. The van der Waals surface area contributed by atoms with Gasteiger partial charge in [0.25, 0.3) is 11.4 Å². The first-order chi connectivity index (χ1) is 21.5. The summed E-state index contributed by atoms with van der Waals surface area (Å²) in [5, 5.41) is 27.4. The monoisotopic (exact) mass is 643 g/mol. The number of piperidine rings is 2. The Bertz CT molecular complexity index is 1550. The summed E-state index contributed by atoms with van der Waals surface area (Å²) in [4.78, 5) is 38.6. The van der Waals surface area contributed by atoms with E-state index >= 15 is 0 Å². The fraction of sp³-hybridized carbons (Fsp3) is 0.533. The minimum atomic E-state index is -4.28. The van der Waals surface area contributed by atoms with E-state index in [2.05, 4.69) is 22.4 Å². The summed E-state index contributed by atoms with van der Waals surface area (Å²) < 4.78 is 29.1. The van der Waals surface area contributed by atoms with Gasteiger partial charge in [0.15, 0.2) is 0 Å². The van der Waals surface area contributed by atoms with Crippen LogP contribution < -0.4 is 10.3 Å². The minimum absolute atomic E-state index is 0.00503. The number of nitrogens with one attached hydrogen (secondary N) is 1. The van der Waals surface area contributed by atoms with Gasteiger partial charge in [-0.1, -0.05) is 6.92 Å². The van der Waals surface area contributed by atoms with Crippen molar-refractivity contribution in [2.45, 2.75) is 70.2 Å². The molecule has 0 saturated carbocycles. The molecule has 0 spiro atoms. The van der Waals surface area contributed by atoms with Crippen LogP contribution in [-0.2, 0) is 14.8 Å². The molecule has 0 bridgehead atoms. The number of amides is 1. The molecule has 2 heterocycles. The van der Waals surface area contributed by atoms with E-state index in [0.717, 1.165) is 44.0 Å². The maximum Gasteiger partial charge on any atom is 0.270 e. The van der Waals surface area contributed by atoms with Crippen LogP contribution in [-0.4, -0.2) is 78.4 Å². The summed E-state index contributed by atoms with van der Waals surface area (Å²) in [6, 6.07) is 8.31. The zero-order valence-electron chi connectivity index (χ0n) is 25.9. The predicted molar refractivity (Wildman–Crippen MR) is 172 cm³/mol. The van der Waals surface area contributed by atoms with Crippen molar-refractivity contribution in [2.75, 3.05) is 43.0 Å². The maximum atomic E-state index is 13.9. The molecule has 45 heavy (non-hydrogen) atoms. The number of hydrazone groups is 1. The molecule has 0 aromatic heterocycles. The number of nitrogens with zero attached hydrogens (tertiary/aromatic N) is 6. The normalized spacial score (nSPS) is 19.4. The van der Waals surface area contributed by atoms with Gasteiger partial charge in [-0.25, -0.2) is 8.42 Å². The minimum Gasteiger partial charge on any atom is -0.368 e. The second-order valence-corrected chi connectivity index (χ2v) is 13.2. The molecular formula is C30H41N7O7S. The first kappa shape index (κ1) is 33.8. The number of sulfonamides is 1. The van der Waals surface area contributed by atoms with E-state index in [4.69, 9.17) is 0 Å². The molecule has 2 saturated heterocycles. The zero-order chi connectivity index (χ0) is 32.7. The van der Waals surface area contributed by atoms with Crippen molar-refractivity contribution in [3.05, 3.63) is 62.2 Å². The molecule has 2 aromatic rings. The van der Waals surface area contributed by atoms with Crippen LogP contribution in [0.1, 0.15) is 64.9 Å². The van der Waals surface area contributed by atoms with Crippen LogP contribution >= 0.6 is 0 Å². The number of benzene rings is 2. The molecule has 0 radical (unpaired) electrons. The van der Waals surface area contributed by atoms with E-state index in [1.54, 1.807) is 11.0 Å². The van der Waals surface area contributed by atoms with Crippen molar-refractivity contribution in [3.8, 4) is 0 Å². The molecule has 0 aliphatic carbocycles. The molecular weight excluding hydrogens is 602 g/mol. The lowest BCUT2D eigenvalue weighted by Gasteiger charge is -2.38. The third kappa shape index (κ3) is 7.59. The summed E-state index contributed by atoms with van der Waals surface area (Å²) in [5.41, 5.74) is 3.48. The molecule has 2 aliphatic heterocycles. The summed E-state index contributed by atoms with van der Waals surface area (Å²) in [5.74, 6) is -0.635. The molecule has 1 N–H and O–H groups in total. The van der Waals surface area contributed by atoms with Gasteiger partial charge >= 0.3 is 0 Å². The van der Waals surface area contributed by atoms with Gasteiger partial charge in [0.2, 0.25) is 15.9 Å². The van der Waals surface area contributed by atoms with Gasteiger partial charge in [-0.2, -0.15) is 9.41 Å². The molecule has 2 aliphatic rings. The first-order valence-corrected chi connectivity index (χ1v) is 16.9. The molecule has 4 rings (SSSR count). The van der Waals surface area contributed by atoms with Gasteiger partial charge in [0.1, 0.15) is 4.90 Å². The number of carbonyl (C=O) groups excluding carboxylic acids is 1. The summed E-state index contributed by atoms with van der Waals surface area (Å²) in [6.07, 6.45) is 6.43. The van der Waals surface area contributed by atoms with Crippen LogP contribution in [0.4, 0.5) is 22.7 Å². The average Bonchev–Trinajstić information content (AvgIpc) is 3.05. The second-order valence-electron chi connectivity index (χ2n) is 11.3. The molecule has 14 nitrogen and oxygen atoms in total. The number of carbonyl (C=O) groups is 1. The highest BCUT2D eigenvalue weighted by molar-refractivity contribution is 7.89. The summed E-state index contributed by atoms with van der Waals surface area (Å²) >= 11 is 0. The number of hydrogen-bond donors (Lipinski definition) is 1. The Morgan fingerprint density at radius 1 is 1.00 bits per heavy atom. The number of anilines is 2. The molecule has 1 amide bonds. The van der Waals surface area contributed by atoms with Crippen molar-refractivity contribution in [3.63, 3.8) is 0 Å². The quantitative estimate of drug-likeness (QED) is 0.190. The van der Waals surface area contributed by atoms with E-state index in [-0.39, 0.29) is 41.3 Å². The van der Waals surface area contributed by atoms with E-state index in [1.165, 1.54) is 34.8 Å². The summed E-state index contributed by atoms with van der Waals surface area (Å²) in [7, 11) is -4.28. The number of rotatable bonds is 12. The molecule has 244 valence electrons. The van der Waals surface area contributed by atoms with Crippen LogP contribution in [0.25, 0.3) is 0 Å². The van der Waals surface area contributed by atoms with Crippen molar-refractivity contribution >= 4 is 44.9 Å². The fourth-order valence-electron chi connectivity index (χ4n) is 6.16. The van der Waals surface area contributed by atoms with Crippen LogP contribution in [0.2, 0.25) is 0 Å². The zero-order valence-corrected chi connectivity index (χ0v) is 26.7.